The summed E-state index contributed by atoms with van der Waals surface area (Å²) in [5.41, 5.74) is 0. The van der Waals surface area contributed by atoms with Gasteiger partial charge in [-0.15, -0.1) is 0 Å². The van der Waals surface area contributed by atoms with Crippen molar-refractivity contribution in [3.8, 4) is 6.01 Å². The van der Waals surface area contributed by atoms with Gasteiger partial charge in [-0.1, -0.05) is 0 Å². The third-order valence-corrected chi connectivity index (χ3v) is 2.38. The predicted molar refractivity (Wildman–Crippen MR) is 78.5 cm³/mol. The second-order valence-electron chi connectivity index (χ2n) is 3.97. The zero-order valence-electron chi connectivity index (χ0n) is 12.6. The highest BCUT2D eigenvalue weighted by molar-refractivity contribution is 5.76. The van der Waals surface area contributed by atoms with Crippen molar-refractivity contribution in [3.05, 3.63) is 0 Å². The third-order valence-electron chi connectivity index (χ3n) is 2.38. The molecule has 118 valence electrons. The molecular weight excluding hydrogens is 276 g/mol. The van der Waals surface area contributed by atoms with E-state index in [0.717, 1.165) is 0 Å². The fourth-order valence-corrected chi connectivity index (χ4v) is 1.41. The molecule has 21 heavy (non-hydrogen) atoms. The van der Waals surface area contributed by atoms with E-state index in [1.54, 1.807) is 14.2 Å². The molecule has 0 aliphatic heterocycles. The zero-order chi connectivity index (χ0) is 15.5. The maximum atomic E-state index is 11.5. The Hall–Kier alpha value is -2.16. The van der Waals surface area contributed by atoms with Crippen molar-refractivity contribution in [1.82, 2.24) is 20.3 Å². The van der Waals surface area contributed by atoms with Gasteiger partial charge in [0, 0.05) is 33.7 Å². The van der Waals surface area contributed by atoms with Gasteiger partial charge in [0.05, 0.1) is 13.2 Å². The minimum absolute atomic E-state index is 0.0625. The summed E-state index contributed by atoms with van der Waals surface area (Å²) in [5, 5.41) is 8.52. The van der Waals surface area contributed by atoms with Crippen molar-refractivity contribution < 1.29 is 14.3 Å². The summed E-state index contributed by atoms with van der Waals surface area (Å²) in [6.45, 7) is 3.72. The third kappa shape index (κ3) is 6.70. The second-order valence-corrected chi connectivity index (χ2v) is 3.97. The number of methoxy groups -OCH3 is 1. The standard InChI is InChI=1S/C12H22N6O3/c1-4-21-12-17-10(13-2)16-11(18-12)15-6-5-9(19)14-7-8-20-3/h4-8H2,1-3H3,(H,14,19)(H2,13,15,16,17,18). The molecule has 1 rings (SSSR count). The molecule has 0 radical (unpaired) electrons. The van der Waals surface area contributed by atoms with Crippen LogP contribution in [-0.4, -0.2) is 61.3 Å². The number of hydrogen-bond donors (Lipinski definition) is 3. The number of nitrogens with one attached hydrogen (secondary N) is 3. The molecule has 0 saturated carbocycles. The van der Waals surface area contributed by atoms with Gasteiger partial charge in [0.25, 0.3) is 0 Å². The molecule has 1 aromatic heterocycles. The lowest BCUT2D eigenvalue weighted by atomic mass is 10.4. The molecule has 1 heterocycles. The van der Waals surface area contributed by atoms with E-state index >= 15 is 0 Å². The van der Waals surface area contributed by atoms with Crippen LogP contribution in [0, 0.1) is 0 Å². The largest absolute Gasteiger partial charge is 0.464 e. The lowest BCUT2D eigenvalue weighted by Crippen LogP contribution is -2.28. The summed E-state index contributed by atoms with van der Waals surface area (Å²) in [7, 11) is 3.29. The van der Waals surface area contributed by atoms with Gasteiger partial charge in [0.1, 0.15) is 0 Å². The van der Waals surface area contributed by atoms with Gasteiger partial charge in [-0.3, -0.25) is 4.79 Å². The SMILES string of the molecule is CCOc1nc(NC)nc(NCCC(=O)NCCOC)n1. The average Bonchev–Trinajstić information content (AvgIpc) is 2.47. The van der Waals surface area contributed by atoms with Crippen molar-refractivity contribution in [2.45, 2.75) is 13.3 Å². The molecule has 0 saturated heterocycles. The Bertz CT molecular complexity index is 443. The fraction of sp³-hybridized carbons (Fsp3) is 0.667. The summed E-state index contributed by atoms with van der Waals surface area (Å²) in [6.07, 6.45) is 0.314. The Kier molecular flexibility index (Phi) is 7.80. The topological polar surface area (TPSA) is 110 Å². The Morgan fingerprint density at radius 2 is 1.95 bits per heavy atom. The molecule has 0 aromatic carbocycles. The number of amides is 1. The highest BCUT2D eigenvalue weighted by Gasteiger charge is 2.07. The number of anilines is 2. The molecule has 0 spiro atoms. The molecular formula is C12H22N6O3. The van der Waals surface area contributed by atoms with Crippen LogP contribution in [0.15, 0.2) is 0 Å². The van der Waals surface area contributed by atoms with Gasteiger partial charge < -0.3 is 25.4 Å². The number of ether oxygens (including phenoxy) is 2. The van der Waals surface area contributed by atoms with Crippen LogP contribution < -0.4 is 20.7 Å². The summed E-state index contributed by atoms with van der Waals surface area (Å²) in [4.78, 5) is 23.8. The van der Waals surface area contributed by atoms with E-state index in [9.17, 15) is 4.79 Å². The zero-order valence-corrected chi connectivity index (χ0v) is 12.6. The molecule has 1 amide bonds. The van der Waals surface area contributed by atoms with Gasteiger partial charge >= 0.3 is 6.01 Å². The molecule has 0 aliphatic carbocycles. The smallest absolute Gasteiger partial charge is 0.323 e. The molecule has 0 atom stereocenters. The van der Waals surface area contributed by atoms with E-state index in [1.165, 1.54) is 0 Å². The first-order valence-electron chi connectivity index (χ1n) is 6.75. The molecule has 0 aliphatic rings. The Labute approximate surface area is 123 Å². The Balaban J connectivity index is 2.43. The molecule has 0 unspecified atom stereocenters. The van der Waals surface area contributed by atoms with E-state index in [2.05, 4.69) is 30.9 Å². The first-order valence-corrected chi connectivity index (χ1v) is 6.75. The van der Waals surface area contributed by atoms with E-state index in [1.807, 2.05) is 6.92 Å². The molecule has 0 bridgehead atoms. The van der Waals surface area contributed by atoms with E-state index in [0.29, 0.717) is 44.6 Å². The van der Waals surface area contributed by atoms with Crippen LogP contribution in [0.4, 0.5) is 11.9 Å². The summed E-state index contributed by atoms with van der Waals surface area (Å²) in [5.74, 6) is 0.704. The van der Waals surface area contributed by atoms with E-state index in [4.69, 9.17) is 9.47 Å². The number of hydrogen-bond acceptors (Lipinski definition) is 8. The lowest BCUT2D eigenvalue weighted by Gasteiger charge is -2.08. The van der Waals surface area contributed by atoms with Crippen molar-refractivity contribution in [2.24, 2.45) is 0 Å². The van der Waals surface area contributed by atoms with Gasteiger partial charge in [-0.05, 0) is 6.92 Å². The molecule has 9 nitrogen and oxygen atoms in total. The second kappa shape index (κ2) is 9.70. The monoisotopic (exact) mass is 298 g/mol. The number of carbonyl (C=O) groups excluding carboxylic acids is 1. The lowest BCUT2D eigenvalue weighted by molar-refractivity contribution is -0.121. The predicted octanol–water partition coefficient (Wildman–Crippen LogP) is -0.123. The van der Waals surface area contributed by atoms with Crippen LogP contribution in [0.1, 0.15) is 13.3 Å². The maximum absolute atomic E-state index is 11.5. The summed E-state index contributed by atoms with van der Waals surface area (Å²) >= 11 is 0. The minimum Gasteiger partial charge on any atom is -0.464 e. The van der Waals surface area contributed by atoms with Crippen LogP contribution in [0.2, 0.25) is 0 Å². The van der Waals surface area contributed by atoms with Crippen molar-refractivity contribution in [3.63, 3.8) is 0 Å². The molecule has 9 heteroatoms. The Morgan fingerprint density at radius 1 is 1.19 bits per heavy atom. The number of aromatic nitrogens is 3. The molecule has 0 fully saturated rings. The first-order chi connectivity index (χ1) is 10.2. The van der Waals surface area contributed by atoms with E-state index < -0.39 is 0 Å². The van der Waals surface area contributed by atoms with E-state index in [-0.39, 0.29) is 11.9 Å². The highest BCUT2D eigenvalue weighted by atomic mass is 16.5. The molecule has 3 N–H and O–H groups in total. The first kappa shape index (κ1) is 16.9. The van der Waals surface area contributed by atoms with Gasteiger partial charge in [0.2, 0.25) is 17.8 Å². The molecule has 1 aromatic rings. The van der Waals surface area contributed by atoms with Crippen molar-refractivity contribution in [1.29, 1.82) is 0 Å². The van der Waals surface area contributed by atoms with Crippen LogP contribution in [0.5, 0.6) is 6.01 Å². The maximum Gasteiger partial charge on any atom is 0.323 e. The van der Waals surface area contributed by atoms with Crippen LogP contribution in [-0.2, 0) is 9.53 Å². The normalized spacial score (nSPS) is 10.0. The van der Waals surface area contributed by atoms with Gasteiger partial charge in [0.15, 0.2) is 0 Å². The van der Waals surface area contributed by atoms with Crippen LogP contribution >= 0.6 is 0 Å². The number of rotatable bonds is 10. The number of nitrogens with zero attached hydrogens (tertiary/aromatic N) is 3. The highest BCUT2D eigenvalue weighted by Crippen LogP contribution is 2.10. The quantitative estimate of drug-likeness (QED) is 0.513. The van der Waals surface area contributed by atoms with Crippen LogP contribution in [0.3, 0.4) is 0 Å². The minimum atomic E-state index is -0.0625. The van der Waals surface area contributed by atoms with Gasteiger partial charge in [-0.2, -0.15) is 15.0 Å². The average molecular weight is 298 g/mol. The van der Waals surface area contributed by atoms with Crippen LogP contribution in [0.25, 0.3) is 0 Å². The van der Waals surface area contributed by atoms with Crippen molar-refractivity contribution in [2.75, 3.05) is 51.1 Å². The summed E-state index contributed by atoms with van der Waals surface area (Å²) in [6, 6.07) is 0.240. The Morgan fingerprint density at radius 3 is 2.62 bits per heavy atom. The summed E-state index contributed by atoms with van der Waals surface area (Å²) < 4.78 is 10.1. The number of carbonyl (C=O) groups is 1. The van der Waals surface area contributed by atoms with Crippen molar-refractivity contribution >= 4 is 17.8 Å². The fourth-order valence-electron chi connectivity index (χ4n) is 1.41. The van der Waals surface area contributed by atoms with Gasteiger partial charge in [-0.25, -0.2) is 0 Å².